The number of ether oxygens (including phenoxy) is 2. The molecule has 0 aliphatic carbocycles. The number of carbonyl (C=O) groups is 1. The van der Waals surface area contributed by atoms with Gasteiger partial charge in [-0.2, -0.15) is 0 Å². The normalized spacial score (nSPS) is 10.2. The van der Waals surface area contributed by atoms with Crippen LogP contribution in [-0.4, -0.2) is 13.1 Å². The first kappa shape index (κ1) is 15.6. The number of methoxy groups -OCH3 is 1. The Hall–Kier alpha value is -1.81. The summed E-state index contributed by atoms with van der Waals surface area (Å²) in [5, 5.41) is 0. The van der Waals surface area contributed by atoms with Gasteiger partial charge in [0.15, 0.2) is 0 Å². The van der Waals surface area contributed by atoms with Crippen LogP contribution < -0.4 is 4.74 Å². The molecule has 0 saturated heterocycles. The summed E-state index contributed by atoms with van der Waals surface area (Å²) in [7, 11) is 1.40. The Kier molecular flexibility index (Phi) is 5.39. The molecule has 0 spiro atoms. The number of aryl methyl sites for hydroxylation is 1. The van der Waals surface area contributed by atoms with E-state index >= 15 is 0 Å². The largest absolute Gasteiger partial charge is 0.469 e. The molecule has 0 saturated carbocycles. The van der Waals surface area contributed by atoms with Crippen molar-refractivity contribution < 1.29 is 14.3 Å². The summed E-state index contributed by atoms with van der Waals surface area (Å²) < 4.78 is 11.5. The van der Waals surface area contributed by atoms with Gasteiger partial charge in [-0.1, -0.05) is 34.1 Å². The number of hydrogen-bond donors (Lipinski definition) is 0. The van der Waals surface area contributed by atoms with E-state index in [1.54, 1.807) is 0 Å². The quantitative estimate of drug-likeness (QED) is 0.737. The number of carbonyl (C=O) groups excluding carboxylic acids is 1. The van der Waals surface area contributed by atoms with Gasteiger partial charge in [-0.15, -0.1) is 0 Å². The Morgan fingerprint density at radius 3 is 2.52 bits per heavy atom. The van der Waals surface area contributed by atoms with Gasteiger partial charge >= 0.3 is 5.97 Å². The maximum atomic E-state index is 11.1. The summed E-state index contributed by atoms with van der Waals surface area (Å²) in [4.78, 5) is 11.1. The van der Waals surface area contributed by atoms with Gasteiger partial charge in [0.1, 0.15) is 11.5 Å². The van der Waals surface area contributed by atoms with Gasteiger partial charge in [-0.3, -0.25) is 4.79 Å². The zero-order valence-electron chi connectivity index (χ0n) is 12.1. The molecule has 110 valence electrons. The molecular weight excluding hydrogens is 332 g/mol. The van der Waals surface area contributed by atoms with Crippen molar-refractivity contribution >= 4 is 21.9 Å². The van der Waals surface area contributed by atoms with E-state index < -0.39 is 0 Å². The summed E-state index contributed by atoms with van der Waals surface area (Å²) in [5.41, 5.74) is 2.14. The van der Waals surface area contributed by atoms with Gasteiger partial charge < -0.3 is 9.47 Å². The summed E-state index contributed by atoms with van der Waals surface area (Å²) in [6, 6.07) is 13.6. The molecule has 2 aromatic rings. The Morgan fingerprint density at radius 2 is 1.86 bits per heavy atom. The van der Waals surface area contributed by atoms with Gasteiger partial charge in [0, 0.05) is 16.5 Å². The lowest BCUT2D eigenvalue weighted by molar-refractivity contribution is -0.140. The van der Waals surface area contributed by atoms with Crippen molar-refractivity contribution in [1.29, 1.82) is 0 Å². The average molecular weight is 349 g/mol. The highest BCUT2D eigenvalue weighted by atomic mass is 79.9. The Balaban J connectivity index is 2.02. The zero-order chi connectivity index (χ0) is 15.2. The molecule has 0 heterocycles. The van der Waals surface area contributed by atoms with Crippen molar-refractivity contribution in [1.82, 2.24) is 0 Å². The van der Waals surface area contributed by atoms with Crippen LogP contribution in [0.3, 0.4) is 0 Å². The molecule has 2 aromatic carbocycles. The lowest BCUT2D eigenvalue weighted by atomic mass is 10.1. The van der Waals surface area contributed by atoms with E-state index in [0.29, 0.717) is 12.8 Å². The molecule has 0 fully saturated rings. The van der Waals surface area contributed by atoms with E-state index in [4.69, 9.17) is 4.74 Å². The lowest BCUT2D eigenvalue weighted by Crippen LogP contribution is -2.01. The van der Waals surface area contributed by atoms with E-state index in [-0.39, 0.29) is 5.97 Å². The van der Waals surface area contributed by atoms with Crippen LogP contribution in [0.5, 0.6) is 11.5 Å². The first-order valence-corrected chi connectivity index (χ1v) is 7.48. The standard InChI is InChI=1S/C17H17BrO3/c1-12-15(18)4-3-5-16(12)21-14-9-6-13(7-10-14)8-11-17(19)20-2/h3-7,9-10H,8,11H2,1-2H3. The minimum atomic E-state index is -0.194. The third kappa shape index (κ3) is 4.33. The van der Waals surface area contributed by atoms with E-state index in [0.717, 1.165) is 27.1 Å². The first-order chi connectivity index (χ1) is 10.1. The molecule has 0 radical (unpaired) electrons. The summed E-state index contributed by atoms with van der Waals surface area (Å²) in [6.07, 6.45) is 1.06. The van der Waals surface area contributed by atoms with Crippen molar-refractivity contribution in [2.24, 2.45) is 0 Å². The monoisotopic (exact) mass is 348 g/mol. The van der Waals surface area contributed by atoms with Crippen LogP contribution in [0.15, 0.2) is 46.9 Å². The van der Waals surface area contributed by atoms with E-state index in [1.807, 2.05) is 49.4 Å². The first-order valence-electron chi connectivity index (χ1n) is 6.69. The number of hydrogen-bond acceptors (Lipinski definition) is 3. The molecule has 0 N–H and O–H groups in total. The van der Waals surface area contributed by atoms with Crippen molar-refractivity contribution in [3.8, 4) is 11.5 Å². The fourth-order valence-corrected chi connectivity index (χ4v) is 2.25. The Labute approximate surface area is 133 Å². The molecule has 21 heavy (non-hydrogen) atoms. The average Bonchev–Trinajstić information content (AvgIpc) is 2.51. The maximum Gasteiger partial charge on any atom is 0.305 e. The summed E-state index contributed by atoms with van der Waals surface area (Å²) in [6.45, 7) is 2.00. The SMILES string of the molecule is COC(=O)CCc1ccc(Oc2cccc(Br)c2C)cc1. The van der Waals surface area contributed by atoms with Crippen LogP contribution in [0.2, 0.25) is 0 Å². The molecule has 0 atom stereocenters. The van der Waals surface area contributed by atoms with Crippen molar-refractivity contribution in [2.75, 3.05) is 7.11 Å². The van der Waals surface area contributed by atoms with Gasteiger partial charge in [-0.25, -0.2) is 0 Å². The number of rotatable bonds is 5. The topological polar surface area (TPSA) is 35.5 Å². The lowest BCUT2D eigenvalue weighted by Gasteiger charge is -2.10. The highest BCUT2D eigenvalue weighted by molar-refractivity contribution is 9.10. The third-order valence-electron chi connectivity index (χ3n) is 3.21. The second kappa shape index (κ2) is 7.27. The molecule has 4 heteroatoms. The molecular formula is C17H17BrO3. The molecule has 0 aromatic heterocycles. The van der Waals surface area contributed by atoms with Crippen LogP contribution in [-0.2, 0) is 16.0 Å². The highest BCUT2D eigenvalue weighted by Gasteiger charge is 2.05. The van der Waals surface area contributed by atoms with Crippen LogP contribution >= 0.6 is 15.9 Å². The molecule has 0 aliphatic heterocycles. The molecule has 0 aliphatic rings. The second-order valence-electron chi connectivity index (χ2n) is 4.69. The summed E-state index contributed by atoms with van der Waals surface area (Å²) >= 11 is 3.49. The second-order valence-corrected chi connectivity index (χ2v) is 5.54. The van der Waals surface area contributed by atoms with Crippen LogP contribution in [0.25, 0.3) is 0 Å². The van der Waals surface area contributed by atoms with Crippen molar-refractivity contribution in [2.45, 2.75) is 19.8 Å². The maximum absolute atomic E-state index is 11.1. The predicted molar refractivity (Wildman–Crippen MR) is 85.7 cm³/mol. The van der Waals surface area contributed by atoms with Gasteiger partial charge in [-0.05, 0) is 43.2 Å². The minimum Gasteiger partial charge on any atom is -0.469 e. The van der Waals surface area contributed by atoms with E-state index in [9.17, 15) is 4.79 Å². The van der Waals surface area contributed by atoms with Crippen molar-refractivity contribution in [3.63, 3.8) is 0 Å². The molecule has 0 bridgehead atoms. The fraction of sp³-hybridized carbons (Fsp3) is 0.235. The number of halogens is 1. The minimum absolute atomic E-state index is 0.194. The predicted octanol–water partition coefficient (Wildman–Crippen LogP) is 4.66. The van der Waals surface area contributed by atoms with Crippen LogP contribution in [0, 0.1) is 6.92 Å². The number of esters is 1. The smallest absolute Gasteiger partial charge is 0.305 e. The molecule has 2 rings (SSSR count). The molecule has 0 amide bonds. The van der Waals surface area contributed by atoms with E-state index in [2.05, 4.69) is 20.7 Å². The van der Waals surface area contributed by atoms with Gasteiger partial charge in [0.2, 0.25) is 0 Å². The van der Waals surface area contributed by atoms with E-state index in [1.165, 1.54) is 7.11 Å². The number of benzene rings is 2. The highest BCUT2D eigenvalue weighted by Crippen LogP contribution is 2.29. The summed E-state index contributed by atoms with van der Waals surface area (Å²) in [5.74, 6) is 1.41. The zero-order valence-corrected chi connectivity index (χ0v) is 13.6. The Morgan fingerprint density at radius 1 is 1.14 bits per heavy atom. The fourth-order valence-electron chi connectivity index (χ4n) is 1.90. The van der Waals surface area contributed by atoms with Gasteiger partial charge in [0.05, 0.1) is 7.11 Å². The molecule has 3 nitrogen and oxygen atoms in total. The van der Waals surface area contributed by atoms with Crippen LogP contribution in [0.1, 0.15) is 17.5 Å². The third-order valence-corrected chi connectivity index (χ3v) is 4.07. The van der Waals surface area contributed by atoms with Crippen LogP contribution in [0.4, 0.5) is 0 Å². The Bertz CT molecular complexity index is 620. The van der Waals surface area contributed by atoms with Gasteiger partial charge in [0.25, 0.3) is 0 Å². The van der Waals surface area contributed by atoms with Crippen molar-refractivity contribution in [3.05, 3.63) is 58.1 Å². The molecule has 0 unspecified atom stereocenters.